The molecule has 1 aliphatic heterocycles. The summed E-state index contributed by atoms with van der Waals surface area (Å²) in [7, 11) is 0. The van der Waals surface area contributed by atoms with Gasteiger partial charge in [0.15, 0.2) is 11.5 Å². The van der Waals surface area contributed by atoms with Crippen molar-refractivity contribution in [3.63, 3.8) is 0 Å². The van der Waals surface area contributed by atoms with E-state index in [0.717, 1.165) is 5.56 Å². The van der Waals surface area contributed by atoms with E-state index < -0.39 is 0 Å². The van der Waals surface area contributed by atoms with Crippen LogP contribution in [-0.2, 0) is 6.54 Å². The highest BCUT2D eigenvalue weighted by Crippen LogP contribution is 2.32. The summed E-state index contributed by atoms with van der Waals surface area (Å²) in [5.41, 5.74) is 7.43. The van der Waals surface area contributed by atoms with Crippen molar-refractivity contribution in [1.29, 1.82) is 0 Å². The molecule has 0 aliphatic carbocycles. The SMILES string of the molecule is Nc1ccc(C(=O)NCc2ccc3c(c2)OCO3)c(Cl)c1. The number of benzene rings is 2. The Labute approximate surface area is 126 Å². The van der Waals surface area contributed by atoms with Crippen molar-refractivity contribution in [2.75, 3.05) is 12.5 Å². The molecule has 1 aliphatic rings. The molecular formula is C15H13ClN2O3. The number of halogens is 1. The largest absolute Gasteiger partial charge is 0.454 e. The van der Waals surface area contributed by atoms with Gasteiger partial charge in [-0.1, -0.05) is 17.7 Å². The van der Waals surface area contributed by atoms with Crippen molar-refractivity contribution in [3.8, 4) is 11.5 Å². The molecule has 6 heteroatoms. The fourth-order valence-electron chi connectivity index (χ4n) is 2.04. The number of carbonyl (C=O) groups excluding carboxylic acids is 1. The number of anilines is 1. The van der Waals surface area contributed by atoms with Gasteiger partial charge in [-0.3, -0.25) is 4.79 Å². The molecule has 5 nitrogen and oxygen atoms in total. The van der Waals surface area contributed by atoms with Crippen LogP contribution in [0.25, 0.3) is 0 Å². The van der Waals surface area contributed by atoms with Crippen molar-refractivity contribution in [2.24, 2.45) is 0 Å². The van der Waals surface area contributed by atoms with E-state index in [1.165, 1.54) is 0 Å². The lowest BCUT2D eigenvalue weighted by atomic mass is 10.1. The fourth-order valence-corrected chi connectivity index (χ4v) is 2.32. The minimum absolute atomic E-state index is 0.228. The maximum absolute atomic E-state index is 12.1. The minimum atomic E-state index is -0.252. The van der Waals surface area contributed by atoms with Gasteiger partial charge >= 0.3 is 0 Å². The zero-order valence-electron chi connectivity index (χ0n) is 11.1. The van der Waals surface area contributed by atoms with Crippen LogP contribution in [0.5, 0.6) is 11.5 Å². The van der Waals surface area contributed by atoms with Crippen LogP contribution in [0.4, 0.5) is 5.69 Å². The Hall–Kier alpha value is -2.40. The summed E-state index contributed by atoms with van der Waals surface area (Å²) < 4.78 is 10.5. The smallest absolute Gasteiger partial charge is 0.253 e. The Morgan fingerprint density at radius 2 is 2.00 bits per heavy atom. The maximum Gasteiger partial charge on any atom is 0.253 e. The maximum atomic E-state index is 12.1. The molecule has 0 aromatic heterocycles. The van der Waals surface area contributed by atoms with E-state index in [-0.39, 0.29) is 12.7 Å². The first-order valence-electron chi connectivity index (χ1n) is 6.35. The average molecular weight is 305 g/mol. The summed E-state index contributed by atoms with van der Waals surface area (Å²) in [5, 5.41) is 3.14. The molecule has 108 valence electrons. The number of carbonyl (C=O) groups is 1. The van der Waals surface area contributed by atoms with Crippen molar-refractivity contribution >= 4 is 23.2 Å². The first kappa shape index (κ1) is 13.6. The summed E-state index contributed by atoms with van der Waals surface area (Å²) in [4.78, 5) is 12.1. The molecule has 3 rings (SSSR count). The van der Waals surface area contributed by atoms with E-state index in [0.29, 0.717) is 34.3 Å². The highest BCUT2D eigenvalue weighted by atomic mass is 35.5. The molecule has 0 bridgehead atoms. The molecule has 3 N–H and O–H groups in total. The zero-order valence-corrected chi connectivity index (χ0v) is 11.8. The Morgan fingerprint density at radius 1 is 1.19 bits per heavy atom. The van der Waals surface area contributed by atoms with Gasteiger partial charge < -0.3 is 20.5 Å². The Bertz CT molecular complexity index is 703. The van der Waals surface area contributed by atoms with E-state index in [1.54, 1.807) is 18.2 Å². The third-order valence-electron chi connectivity index (χ3n) is 3.13. The molecule has 0 unspecified atom stereocenters. The van der Waals surface area contributed by atoms with Crippen LogP contribution >= 0.6 is 11.6 Å². The molecule has 0 spiro atoms. The van der Waals surface area contributed by atoms with Crippen LogP contribution in [0.3, 0.4) is 0 Å². The molecule has 0 radical (unpaired) electrons. The minimum Gasteiger partial charge on any atom is -0.454 e. The van der Waals surface area contributed by atoms with Gasteiger partial charge in [-0.05, 0) is 35.9 Å². The number of nitrogens with two attached hydrogens (primary N) is 1. The van der Waals surface area contributed by atoms with Crippen LogP contribution in [0.2, 0.25) is 5.02 Å². The molecule has 2 aromatic rings. The van der Waals surface area contributed by atoms with Crippen LogP contribution in [-0.4, -0.2) is 12.7 Å². The number of amides is 1. The first-order chi connectivity index (χ1) is 10.1. The number of nitrogen functional groups attached to an aromatic ring is 1. The van der Waals surface area contributed by atoms with Gasteiger partial charge in [0, 0.05) is 12.2 Å². The van der Waals surface area contributed by atoms with Crippen molar-refractivity contribution in [3.05, 3.63) is 52.5 Å². The summed E-state index contributed by atoms with van der Waals surface area (Å²) in [5.74, 6) is 1.15. The van der Waals surface area contributed by atoms with E-state index in [2.05, 4.69) is 5.32 Å². The molecule has 21 heavy (non-hydrogen) atoms. The van der Waals surface area contributed by atoms with E-state index >= 15 is 0 Å². The number of fused-ring (bicyclic) bond motifs is 1. The molecular weight excluding hydrogens is 292 g/mol. The highest BCUT2D eigenvalue weighted by molar-refractivity contribution is 6.34. The topological polar surface area (TPSA) is 73.6 Å². The van der Waals surface area contributed by atoms with Gasteiger partial charge in [0.1, 0.15) is 0 Å². The number of rotatable bonds is 3. The number of nitrogens with one attached hydrogen (secondary N) is 1. The van der Waals surface area contributed by atoms with Crippen LogP contribution in [0, 0.1) is 0 Å². The predicted octanol–water partition coefficient (Wildman–Crippen LogP) is 2.58. The normalized spacial score (nSPS) is 12.2. The van der Waals surface area contributed by atoms with Gasteiger partial charge in [0.2, 0.25) is 6.79 Å². The van der Waals surface area contributed by atoms with Gasteiger partial charge in [-0.15, -0.1) is 0 Å². The van der Waals surface area contributed by atoms with Crippen LogP contribution in [0.1, 0.15) is 15.9 Å². The van der Waals surface area contributed by atoms with Gasteiger partial charge in [0.25, 0.3) is 5.91 Å². The number of ether oxygens (including phenoxy) is 2. The number of hydrogen-bond acceptors (Lipinski definition) is 4. The molecule has 0 saturated heterocycles. The van der Waals surface area contributed by atoms with E-state index in [1.807, 2.05) is 18.2 Å². The van der Waals surface area contributed by atoms with E-state index in [4.69, 9.17) is 26.8 Å². The van der Waals surface area contributed by atoms with Crippen molar-refractivity contribution in [1.82, 2.24) is 5.32 Å². The van der Waals surface area contributed by atoms with Gasteiger partial charge in [-0.2, -0.15) is 0 Å². The third-order valence-corrected chi connectivity index (χ3v) is 3.44. The predicted molar refractivity (Wildman–Crippen MR) is 79.6 cm³/mol. The fraction of sp³-hybridized carbons (Fsp3) is 0.133. The zero-order chi connectivity index (χ0) is 14.8. The Balaban J connectivity index is 1.68. The highest BCUT2D eigenvalue weighted by Gasteiger charge is 2.14. The van der Waals surface area contributed by atoms with Gasteiger partial charge in [0.05, 0.1) is 10.6 Å². The number of hydrogen-bond donors (Lipinski definition) is 2. The second kappa shape index (κ2) is 5.54. The Kier molecular flexibility index (Phi) is 3.58. The molecule has 1 heterocycles. The van der Waals surface area contributed by atoms with E-state index in [9.17, 15) is 4.79 Å². The summed E-state index contributed by atoms with van der Waals surface area (Å²) >= 11 is 6.01. The van der Waals surface area contributed by atoms with Crippen molar-refractivity contribution < 1.29 is 14.3 Å². The lowest BCUT2D eigenvalue weighted by molar-refractivity contribution is 0.0951. The second-order valence-corrected chi connectivity index (χ2v) is 5.02. The lowest BCUT2D eigenvalue weighted by Gasteiger charge is -2.08. The third kappa shape index (κ3) is 2.87. The summed E-state index contributed by atoms with van der Waals surface area (Å²) in [6.45, 7) is 0.600. The molecule has 1 amide bonds. The quantitative estimate of drug-likeness (QED) is 0.855. The summed E-state index contributed by atoms with van der Waals surface area (Å²) in [6, 6.07) is 10.3. The molecule has 2 aromatic carbocycles. The molecule has 0 saturated carbocycles. The first-order valence-corrected chi connectivity index (χ1v) is 6.73. The average Bonchev–Trinajstić information content (AvgIpc) is 2.92. The Morgan fingerprint density at radius 3 is 2.81 bits per heavy atom. The summed E-state index contributed by atoms with van der Waals surface area (Å²) in [6.07, 6.45) is 0. The van der Waals surface area contributed by atoms with Crippen LogP contribution < -0.4 is 20.5 Å². The second-order valence-electron chi connectivity index (χ2n) is 4.61. The molecule has 0 fully saturated rings. The standard InChI is InChI=1S/C15H13ClN2O3/c16-12-6-10(17)2-3-11(12)15(19)18-7-9-1-4-13-14(5-9)21-8-20-13/h1-6H,7-8,17H2,(H,18,19). The lowest BCUT2D eigenvalue weighted by Crippen LogP contribution is -2.23. The van der Waals surface area contributed by atoms with Crippen LogP contribution in [0.15, 0.2) is 36.4 Å². The van der Waals surface area contributed by atoms with Gasteiger partial charge in [-0.25, -0.2) is 0 Å². The van der Waals surface area contributed by atoms with Crippen molar-refractivity contribution in [2.45, 2.75) is 6.54 Å². The monoisotopic (exact) mass is 304 g/mol. The molecule has 0 atom stereocenters.